The van der Waals surface area contributed by atoms with E-state index in [1.165, 1.54) is 5.69 Å². The third-order valence-electron chi connectivity index (χ3n) is 7.33. The molecule has 2 atom stereocenters. The van der Waals surface area contributed by atoms with Crippen molar-refractivity contribution in [2.45, 2.75) is 64.0 Å². The molecule has 1 aliphatic heterocycles. The van der Waals surface area contributed by atoms with Crippen molar-refractivity contribution in [3.63, 3.8) is 0 Å². The zero-order valence-electron chi connectivity index (χ0n) is 18.6. The van der Waals surface area contributed by atoms with E-state index in [0.29, 0.717) is 39.0 Å². The molecule has 7 heteroatoms. The summed E-state index contributed by atoms with van der Waals surface area (Å²) in [5.41, 5.74) is 2.62. The summed E-state index contributed by atoms with van der Waals surface area (Å²) in [6, 6.07) is 8.27. The molecule has 0 radical (unpaired) electrons. The maximum atomic E-state index is 13.6. The lowest BCUT2D eigenvalue weighted by Gasteiger charge is -2.36. The molecule has 5 rings (SSSR count). The average molecular weight is 435 g/mol. The quantitative estimate of drug-likeness (QED) is 0.753. The highest BCUT2D eigenvalue weighted by Gasteiger charge is 2.47. The number of carbonyl (C=O) groups is 2. The van der Waals surface area contributed by atoms with Gasteiger partial charge in [0.25, 0.3) is 0 Å². The maximum absolute atomic E-state index is 13.6. The van der Waals surface area contributed by atoms with Crippen LogP contribution in [-0.4, -0.2) is 40.4 Å². The Morgan fingerprint density at radius 3 is 2.78 bits per heavy atom. The molecule has 32 heavy (non-hydrogen) atoms. The summed E-state index contributed by atoms with van der Waals surface area (Å²) >= 11 is 0. The third-order valence-corrected chi connectivity index (χ3v) is 7.33. The number of H-pyrrole nitrogens is 1. The Morgan fingerprint density at radius 2 is 2.06 bits per heavy atom. The fourth-order valence-corrected chi connectivity index (χ4v) is 5.37. The first-order chi connectivity index (χ1) is 15.5. The van der Waals surface area contributed by atoms with Crippen molar-refractivity contribution >= 4 is 22.7 Å². The number of fused-ring (bicyclic) bond motifs is 3. The fourth-order valence-electron chi connectivity index (χ4n) is 5.37. The molecule has 2 N–H and O–H groups in total. The summed E-state index contributed by atoms with van der Waals surface area (Å²) in [6.45, 7) is 3.78. The Kier molecular flexibility index (Phi) is 5.32. The molecule has 1 aromatic carbocycles. The molecule has 2 saturated carbocycles. The van der Waals surface area contributed by atoms with Crippen molar-refractivity contribution in [3.05, 3.63) is 29.5 Å². The van der Waals surface area contributed by atoms with Crippen molar-refractivity contribution in [2.75, 3.05) is 13.2 Å². The molecule has 0 saturated heterocycles. The number of para-hydroxylation sites is 1. The molecule has 3 aliphatic rings. The number of nitriles is 1. The number of amides is 2. The molecule has 2 fully saturated rings. The number of aromatic amines is 1. The smallest absolute Gasteiger partial charge is 0.226 e. The second-order valence-corrected chi connectivity index (χ2v) is 9.38. The van der Waals surface area contributed by atoms with Gasteiger partial charge in [-0.05, 0) is 38.7 Å². The van der Waals surface area contributed by atoms with Gasteiger partial charge >= 0.3 is 0 Å². The van der Waals surface area contributed by atoms with E-state index in [0.717, 1.165) is 47.9 Å². The standard InChI is InChI=1S/C25H30N4O3/c1-2-32-21-9-5-8-16-19-14-29(13-10-20(19)27-22(16)21)24(31)18-7-4-3-6-17(18)23(30)28-25(15-26)11-12-25/h5,8-9,17-18,27H,2-4,6-7,10-14H2,1H3,(H,28,30)/t17-,18-/m1/s1. The van der Waals surface area contributed by atoms with E-state index >= 15 is 0 Å². The average Bonchev–Trinajstić information content (AvgIpc) is 3.49. The Hall–Kier alpha value is -3.01. The van der Waals surface area contributed by atoms with Crippen LogP contribution in [0.3, 0.4) is 0 Å². The van der Waals surface area contributed by atoms with Gasteiger partial charge in [0.2, 0.25) is 11.8 Å². The van der Waals surface area contributed by atoms with Crippen molar-refractivity contribution in [1.82, 2.24) is 15.2 Å². The van der Waals surface area contributed by atoms with Gasteiger partial charge in [0.1, 0.15) is 11.3 Å². The van der Waals surface area contributed by atoms with Crippen LogP contribution in [0.25, 0.3) is 10.9 Å². The normalized spacial score (nSPS) is 23.8. The van der Waals surface area contributed by atoms with Gasteiger partial charge in [-0.25, -0.2) is 0 Å². The van der Waals surface area contributed by atoms with Crippen LogP contribution in [0.5, 0.6) is 5.75 Å². The van der Waals surface area contributed by atoms with E-state index in [2.05, 4.69) is 22.4 Å². The molecule has 0 bridgehead atoms. The molecule has 0 unspecified atom stereocenters. The topological polar surface area (TPSA) is 98.2 Å². The van der Waals surface area contributed by atoms with E-state index in [4.69, 9.17) is 4.74 Å². The molecular weight excluding hydrogens is 404 g/mol. The van der Waals surface area contributed by atoms with Crippen LogP contribution in [0.1, 0.15) is 56.7 Å². The largest absolute Gasteiger partial charge is 0.492 e. The van der Waals surface area contributed by atoms with E-state index < -0.39 is 5.54 Å². The second-order valence-electron chi connectivity index (χ2n) is 9.38. The first-order valence-electron chi connectivity index (χ1n) is 11.8. The van der Waals surface area contributed by atoms with Crippen LogP contribution < -0.4 is 10.1 Å². The summed E-state index contributed by atoms with van der Waals surface area (Å²) in [4.78, 5) is 32.0. The van der Waals surface area contributed by atoms with Crippen LogP contribution in [0.15, 0.2) is 18.2 Å². The highest BCUT2D eigenvalue weighted by molar-refractivity contribution is 5.92. The molecule has 7 nitrogen and oxygen atoms in total. The van der Waals surface area contributed by atoms with Gasteiger partial charge in [0, 0.05) is 48.0 Å². The van der Waals surface area contributed by atoms with Gasteiger partial charge in [-0.2, -0.15) is 5.26 Å². The Labute approximate surface area is 188 Å². The minimum Gasteiger partial charge on any atom is -0.492 e. The van der Waals surface area contributed by atoms with E-state index in [9.17, 15) is 14.9 Å². The van der Waals surface area contributed by atoms with Crippen molar-refractivity contribution in [1.29, 1.82) is 5.26 Å². The Morgan fingerprint density at radius 1 is 1.28 bits per heavy atom. The number of nitrogens with zero attached hydrogens (tertiary/aromatic N) is 2. The van der Waals surface area contributed by atoms with Gasteiger partial charge in [-0.1, -0.05) is 25.0 Å². The SMILES string of the molecule is CCOc1cccc2c3c([nH]c12)CCN(C(=O)[C@@H]1CCCC[C@H]1C(=O)NC1(C#N)CC1)C3. The summed E-state index contributed by atoms with van der Waals surface area (Å²) in [5, 5.41) is 13.4. The zero-order valence-corrected chi connectivity index (χ0v) is 18.6. The van der Waals surface area contributed by atoms with Crippen LogP contribution >= 0.6 is 0 Å². The van der Waals surface area contributed by atoms with Gasteiger partial charge in [0.15, 0.2) is 0 Å². The number of benzene rings is 1. The number of ether oxygens (including phenoxy) is 1. The zero-order chi connectivity index (χ0) is 22.3. The Balaban J connectivity index is 1.36. The summed E-state index contributed by atoms with van der Waals surface area (Å²) in [6.07, 6.45) is 5.56. The van der Waals surface area contributed by atoms with Gasteiger partial charge in [0.05, 0.1) is 18.2 Å². The molecule has 2 heterocycles. The second kappa shape index (κ2) is 8.16. The number of rotatable bonds is 5. The van der Waals surface area contributed by atoms with Crippen molar-refractivity contribution < 1.29 is 14.3 Å². The number of carbonyl (C=O) groups excluding carboxylic acids is 2. The predicted molar refractivity (Wildman–Crippen MR) is 120 cm³/mol. The van der Waals surface area contributed by atoms with Gasteiger partial charge in [-0.15, -0.1) is 0 Å². The summed E-state index contributed by atoms with van der Waals surface area (Å²) in [5.74, 6) is 0.161. The summed E-state index contributed by atoms with van der Waals surface area (Å²) < 4.78 is 5.78. The predicted octanol–water partition coefficient (Wildman–Crippen LogP) is 3.43. The first kappa shape index (κ1) is 20.9. The third kappa shape index (κ3) is 3.62. The van der Waals surface area contributed by atoms with Crippen LogP contribution in [0, 0.1) is 23.2 Å². The number of hydrogen-bond acceptors (Lipinski definition) is 4. The number of hydrogen-bond donors (Lipinski definition) is 2. The Bertz CT molecular complexity index is 1090. The molecule has 2 amide bonds. The fraction of sp³-hybridized carbons (Fsp3) is 0.560. The molecule has 168 valence electrons. The van der Waals surface area contributed by atoms with Crippen molar-refractivity contribution in [2.24, 2.45) is 11.8 Å². The number of nitrogens with one attached hydrogen (secondary N) is 2. The lowest BCUT2D eigenvalue weighted by molar-refractivity contribution is -0.144. The minimum absolute atomic E-state index is 0.0765. The van der Waals surface area contributed by atoms with E-state index in [1.807, 2.05) is 24.0 Å². The molecule has 0 spiro atoms. The molecule has 2 aromatic rings. The van der Waals surface area contributed by atoms with E-state index in [-0.39, 0.29) is 23.7 Å². The van der Waals surface area contributed by atoms with Gasteiger partial charge < -0.3 is 19.9 Å². The summed E-state index contributed by atoms with van der Waals surface area (Å²) in [7, 11) is 0. The lowest BCUT2D eigenvalue weighted by Crippen LogP contribution is -2.48. The number of aromatic nitrogens is 1. The van der Waals surface area contributed by atoms with E-state index in [1.54, 1.807) is 0 Å². The van der Waals surface area contributed by atoms with Crippen LogP contribution in [-0.2, 0) is 22.6 Å². The lowest BCUT2D eigenvalue weighted by atomic mass is 9.77. The van der Waals surface area contributed by atoms with Crippen LogP contribution in [0.4, 0.5) is 0 Å². The monoisotopic (exact) mass is 434 g/mol. The van der Waals surface area contributed by atoms with Crippen molar-refractivity contribution in [3.8, 4) is 11.8 Å². The van der Waals surface area contributed by atoms with Gasteiger partial charge in [-0.3, -0.25) is 9.59 Å². The molecule has 1 aromatic heterocycles. The first-order valence-corrected chi connectivity index (χ1v) is 11.8. The van der Waals surface area contributed by atoms with Crippen LogP contribution in [0.2, 0.25) is 0 Å². The maximum Gasteiger partial charge on any atom is 0.226 e. The highest BCUT2D eigenvalue weighted by Crippen LogP contribution is 2.39. The molecule has 2 aliphatic carbocycles. The highest BCUT2D eigenvalue weighted by atomic mass is 16.5. The minimum atomic E-state index is -0.690. The molecular formula is C25H30N4O3.